The molecule has 0 bridgehead atoms. The van der Waals surface area contributed by atoms with E-state index in [1.165, 1.54) is 0 Å². The molecule has 0 aliphatic carbocycles. The van der Waals surface area contributed by atoms with Gasteiger partial charge in [0.05, 0.1) is 0 Å². The molecule has 68 valence electrons. The predicted octanol–water partition coefficient (Wildman–Crippen LogP) is 0.970. The van der Waals surface area contributed by atoms with Gasteiger partial charge in [-0.05, 0) is 19.3 Å². The van der Waals surface area contributed by atoms with E-state index in [0.717, 1.165) is 19.3 Å². The standard InChI is InChI=1S/C8H21NOSi/c1-4-7(5-2)10-11-8(9)6-3/h7-8H,4-6,9,11H2,1-3H3. The minimum atomic E-state index is -0.456. The quantitative estimate of drug-likeness (QED) is 0.611. The maximum absolute atomic E-state index is 5.77. The smallest absolute Gasteiger partial charge is 0.178 e. The second-order valence-corrected chi connectivity index (χ2v) is 4.66. The van der Waals surface area contributed by atoms with Crippen LogP contribution in [0.2, 0.25) is 0 Å². The molecule has 0 radical (unpaired) electrons. The van der Waals surface area contributed by atoms with Gasteiger partial charge < -0.3 is 10.2 Å². The lowest BCUT2D eigenvalue weighted by Crippen LogP contribution is -2.31. The van der Waals surface area contributed by atoms with Gasteiger partial charge in [-0.1, -0.05) is 20.8 Å². The monoisotopic (exact) mass is 175 g/mol. The van der Waals surface area contributed by atoms with E-state index in [9.17, 15) is 0 Å². The van der Waals surface area contributed by atoms with Crippen LogP contribution in [0.25, 0.3) is 0 Å². The summed E-state index contributed by atoms with van der Waals surface area (Å²) >= 11 is 0. The van der Waals surface area contributed by atoms with E-state index < -0.39 is 9.76 Å². The highest BCUT2D eigenvalue weighted by molar-refractivity contribution is 6.29. The fraction of sp³-hybridized carbons (Fsp3) is 1.00. The fourth-order valence-electron chi connectivity index (χ4n) is 0.902. The van der Waals surface area contributed by atoms with Crippen LogP contribution in [-0.4, -0.2) is 21.5 Å². The van der Waals surface area contributed by atoms with Crippen molar-refractivity contribution in [1.29, 1.82) is 0 Å². The van der Waals surface area contributed by atoms with Crippen molar-refractivity contribution in [1.82, 2.24) is 0 Å². The molecule has 11 heavy (non-hydrogen) atoms. The highest BCUT2D eigenvalue weighted by Gasteiger charge is 2.06. The van der Waals surface area contributed by atoms with E-state index >= 15 is 0 Å². The lowest BCUT2D eigenvalue weighted by Gasteiger charge is -2.16. The molecule has 0 fully saturated rings. The highest BCUT2D eigenvalue weighted by Crippen LogP contribution is 2.01. The Morgan fingerprint density at radius 1 is 1.18 bits per heavy atom. The number of hydrogen-bond donors (Lipinski definition) is 1. The van der Waals surface area contributed by atoms with Crippen molar-refractivity contribution in [2.45, 2.75) is 51.8 Å². The van der Waals surface area contributed by atoms with Crippen LogP contribution in [0.4, 0.5) is 0 Å². The Morgan fingerprint density at radius 2 is 1.73 bits per heavy atom. The molecule has 0 saturated heterocycles. The van der Waals surface area contributed by atoms with Crippen LogP contribution in [0.5, 0.6) is 0 Å². The second kappa shape index (κ2) is 6.82. The highest BCUT2D eigenvalue weighted by atomic mass is 28.2. The summed E-state index contributed by atoms with van der Waals surface area (Å²) in [6, 6.07) is 0. The Hall–Kier alpha value is 0.137. The minimum Gasteiger partial charge on any atom is -0.420 e. The molecule has 0 saturated carbocycles. The van der Waals surface area contributed by atoms with E-state index in [4.69, 9.17) is 10.2 Å². The average molecular weight is 175 g/mol. The molecule has 0 aromatic heterocycles. The lowest BCUT2D eigenvalue weighted by molar-refractivity contribution is 0.199. The third-order valence-corrected chi connectivity index (χ3v) is 3.65. The van der Waals surface area contributed by atoms with Gasteiger partial charge in [0.1, 0.15) is 0 Å². The molecular formula is C8H21NOSi. The molecule has 3 heteroatoms. The van der Waals surface area contributed by atoms with E-state index in [0.29, 0.717) is 11.8 Å². The zero-order valence-corrected chi connectivity index (χ0v) is 9.38. The first-order valence-corrected chi connectivity index (χ1v) is 6.01. The molecule has 0 spiro atoms. The normalized spacial score (nSPS) is 15.0. The van der Waals surface area contributed by atoms with Gasteiger partial charge >= 0.3 is 0 Å². The molecule has 0 amide bonds. The molecule has 0 aromatic rings. The molecule has 0 heterocycles. The molecule has 0 aromatic carbocycles. The van der Waals surface area contributed by atoms with Gasteiger partial charge in [-0.25, -0.2) is 0 Å². The van der Waals surface area contributed by atoms with Crippen molar-refractivity contribution in [3.63, 3.8) is 0 Å². The average Bonchev–Trinajstić information content (AvgIpc) is 2.06. The van der Waals surface area contributed by atoms with Crippen LogP contribution in [0.15, 0.2) is 0 Å². The second-order valence-electron chi connectivity index (χ2n) is 2.94. The maximum atomic E-state index is 5.77. The summed E-state index contributed by atoms with van der Waals surface area (Å²) in [5, 5.41) is 0. The SMILES string of the molecule is CCC(CC)O[SiH2]C(N)CC. The van der Waals surface area contributed by atoms with Gasteiger partial charge in [-0.2, -0.15) is 0 Å². The van der Waals surface area contributed by atoms with Crippen molar-refractivity contribution < 1.29 is 4.43 Å². The molecule has 2 N–H and O–H groups in total. The topological polar surface area (TPSA) is 35.2 Å². The Kier molecular flexibility index (Phi) is 6.91. The summed E-state index contributed by atoms with van der Waals surface area (Å²) < 4.78 is 5.71. The van der Waals surface area contributed by atoms with Crippen LogP contribution >= 0.6 is 0 Å². The van der Waals surface area contributed by atoms with E-state index in [2.05, 4.69) is 20.8 Å². The first-order valence-electron chi connectivity index (χ1n) is 4.61. The molecule has 1 unspecified atom stereocenters. The Bertz CT molecular complexity index is 86.2. The number of hydrogen-bond acceptors (Lipinski definition) is 2. The van der Waals surface area contributed by atoms with Crippen molar-refractivity contribution in [2.24, 2.45) is 5.73 Å². The summed E-state index contributed by atoms with van der Waals surface area (Å²) in [6.45, 7) is 6.45. The van der Waals surface area contributed by atoms with Crippen molar-refractivity contribution in [3.8, 4) is 0 Å². The Balaban J connectivity index is 3.34. The summed E-state index contributed by atoms with van der Waals surface area (Å²) in [4.78, 5) is 0. The van der Waals surface area contributed by atoms with Crippen molar-refractivity contribution in [2.75, 3.05) is 0 Å². The van der Waals surface area contributed by atoms with Gasteiger partial charge in [-0.15, -0.1) is 0 Å². The van der Waals surface area contributed by atoms with Gasteiger partial charge in [0, 0.05) is 11.8 Å². The summed E-state index contributed by atoms with van der Waals surface area (Å²) in [5.74, 6) is 0. The lowest BCUT2D eigenvalue weighted by atomic mass is 10.2. The maximum Gasteiger partial charge on any atom is 0.178 e. The Morgan fingerprint density at radius 3 is 2.09 bits per heavy atom. The van der Waals surface area contributed by atoms with E-state index in [1.807, 2.05) is 0 Å². The van der Waals surface area contributed by atoms with Crippen LogP contribution in [0, 0.1) is 0 Å². The number of nitrogens with two attached hydrogens (primary N) is 1. The van der Waals surface area contributed by atoms with Crippen molar-refractivity contribution in [3.05, 3.63) is 0 Å². The summed E-state index contributed by atoms with van der Waals surface area (Å²) in [6.07, 6.45) is 3.78. The van der Waals surface area contributed by atoms with Crippen molar-refractivity contribution >= 4 is 9.76 Å². The van der Waals surface area contributed by atoms with Crippen LogP contribution in [0.1, 0.15) is 40.0 Å². The van der Waals surface area contributed by atoms with Crippen LogP contribution in [0.3, 0.4) is 0 Å². The molecule has 2 nitrogen and oxygen atoms in total. The van der Waals surface area contributed by atoms with Gasteiger partial charge in [0.15, 0.2) is 9.76 Å². The molecule has 0 aliphatic rings. The zero-order chi connectivity index (χ0) is 8.69. The van der Waals surface area contributed by atoms with Crippen LogP contribution < -0.4 is 5.73 Å². The molecular weight excluding hydrogens is 154 g/mol. The largest absolute Gasteiger partial charge is 0.420 e. The third-order valence-electron chi connectivity index (χ3n) is 1.98. The first-order chi connectivity index (χ1) is 5.24. The zero-order valence-electron chi connectivity index (χ0n) is 7.97. The molecule has 0 rings (SSSR count). The molecule has 1 atom stereocenters. The Labute approximate surface area is 72.4 Å². The van der Waals surface area contributed by atoms with Gasteiger partial charge in [0.25, 0.3) is 0 Å². The van der Waals surface area contributed by atoms with Gasteiger partial charge in [-0.3, -0.25) is 0 Å². The van der Waals surface area contributed by atoms with E-state index in [-0.39, 0.29) is 0 Å². The van der Waals surface area contributed by atoms with Gasteiger partial charge in [0.2, 0.25) is 0 Å². The minimum absolute atomic E-state index is 0.357. The van der Waals surface area contributed by atoms with E-state index in [1.54, 1.807) is 0 Å². The number of rotatable bonds is 6. The van der Waals surface area contributed by atoms with Crippen LogP contribution in [-0.2, 0) is 4.43 Å². The molecule has 0 aliphatic heterocycles. The summed E-state index contributed by atoms with van der Waals surface area (Å²) in [7, 11) is -0.456. The predicted molar refractivity (Wildman–Crippen MR) is 52.3 cm³/mol. The summed E-state index contributed by atoms with van der Waals surface area (Å²) in [5.41, 5.74) is 6.12. The third kappa shape index (κ3) is 5.41. The fourth-order valence-corrected chi connectivity index (χ4v) is 2.13. The first kappa shape index (κ1) is 11.1.